The summed E-state index contributed by atoms with van der Waals surface area (Å²) < 4.78 is 19.7. The molecule has 0 fully saturated rings. The fraction of sp³-hybridized carbons (Fsp3) is 0.875. The Kier molecular flexibility index (Phi) is 27.0. The Bertz CT molecular complexity index is 434. The molecule has 0 radical (unpaired) electrons. The van der Waals surface area contributed by atoms with E-state index in [1.54, 1.807) is 0 Å². The van der Waals surface area contributed by atoms with Gasteiger partial charge >= 0.3 is 17.9 Å². The first kappa shape index (κ1) is 34.0. The number of hydrogen-bond donors (Lipinski definition) is 0. The van der Waals surface area contributed by atoms with Gasteiger partial charge in [0.05, 0.1) is 25.4 Å². The van der Waals surface area contributed by atoms with Crippen LogP contribution in [-0.2, 0) is 33.3 Å². The second-order valence-electron chi connectivity index (χ2n) is 7.44. The number of carbonyl (C=O) groups excluding carboxylic acids is 3. The van der Waals surface area contributed by atoms with Gasteiger partial charge in [-0.05, 0) is 33.1 Å². The number of esters is 3. The van der Waals surface area contributed by atoms with Crippen LogP contribution in [0.4, 0.5) is 0 Å². The number of carbonyl (C=O) groups is 3. The van der Waals surface area contributed by atoms with Gasteiger partial charge in [0, 0.05) is 33.8 Å². The van der Waals surface area contributed by atoms with Gasteiger partial charge in [-0.15, -0.1) is 0 Å². The summed E-state index contributed by atoms with van der Waals surface area (Å²) in [5.74, 6) is -0.0342. The average molecular weight is 449 g/mol. The lowest BCUT2D eigenvalue weighted by Gasteiger charge is -2.10. The summed E-state index contributed by atoms with van der Waals surface area (Å²) in [6.45, 7) is 18.2. The quantitative estimate of drug-likeness (QED) is 0.272. The molecule has 7 nitrogen and oxygen atoms in total. The molecule has 0 saturated heterocycles. The zero-order chi connectivity index (χ0) is 24.7. The van der Waals surface area contributed by atoms with E-state index in [-0.39, 0.29) is 30.1 Å². The molecule has 0 N–H and O–H groups in total. The van der Waals surface area contributed by atoms with Crippen LogP contribution in [0.5, 0.6) is 0 Å². The van der Waals surface area contributed by atoms with Crippen LogP contribution in [0.2, 0.25) is 0 Å². The molecule has 0 aromatic carbocycles. The molecule has 0 heterocycles. The van der Waals surface area contributed by atoms with Crippen LogP contribution in [0, 0.1) is 5.92 Å². The third-order valence-electron chi connectivity index (χ3n) is 4.29. The molecule has 31 heavy (non-hydrogen) atoms. The highest BCUT2D eigenvalue weighted by Gasteiger charge is 2.04. The van der Waals surface area contributed by atoms with Gasteiger partial charge in [0.15, 0.2) is 0 Å². The minimum atomic E-state index is -0.228. The Morgan fingerprint density at radius 1 is 0.742 bits per heavy atom. The van der Waals surface area contributed by atoms with Crippen molar-refractivity contribution >= 4 is 17.9 Å². The van der Waals surface area contributed by atoms with Crippen LogP contribution < -0.4 is 0 Å². The summed E-state index contributed by atoms with van der Waals surface area (Å²) >= 11 is 0. The molecule has 0 spiro atoms. The van der Waals surface area contributed by atoms with Gasteiger partial charge in [0.25, 0.3) is 0 Å². The van der Waals surface area contributed by atoms with Crippen molar-refractivity contribution in [3.63, 3.8) is 0 Å². The van der Waals surface area contributed by atoms with Crippen LogP contribution in [0.3, 0.4) is 0 Å². The molecule has 2 unspecified atom stereocenters. The number of unbranched alkanes of at least 4 members (excludes halogenated alkanes) is 1. The lowest BCUT2D eigenvalue weighted by molar-refractivity contribution is -0.146. The average Bonchev–Trinajstić information content (AvgIpc) is 2.67. The maximum atomic E-state index is 10.4. The van der Waals surface area contributed by atoms with Crippen molar-refractivity contribution in [1.29, 1.82) is 0 Å². The summed E-state index contributed by atoms with van der Waals surface area (Å²) in [7, 11) is 0. The molecule has 0 saturated carbocycles. The van der Waals surface area contributed by atoms with E-state index in [0.29, 0.717) is 25.7 Å². The van der Waals surface area contributed by atoms with Crippen LogP contribution in [0.1, 0.15) is 101 Å². The van der Waals surface area contributed by atoms with E-state index in [2.05, 4.69) is 20.8 Å². The number of rotatable bonds is 13. The Morgan fingerprint density at radius 3 is 1.68 bits per heavy atom. The fourth-order valence-electron chi connectivity index (χ4n) is 2.33. The monoisotopic (exact) mass is 448 g/mol. The molecule has 0 bridgehead atoms. The van der Waals surface area contributed by atoms with Crippen LogP contribution in [-0.4, -0.2) is 49.9 Å². The minimum absolute atomic E-state index is 0.0949. The molecular formula is C24H48O7. The Morgan fingerprint density at radius 2 is 1.29 bits per heavy atom. The second-order valence-corrected chi connectivity index (χ2v) is 7.44. The largest absolute Gasteiger partial charge is 0.466 e. The highest BCUT2D eigenvalue weighted by Crippen LogP contribution is 2.07. The predicted octanol–water partition coefficient (Wildman–Crippen LogP) is 5.48. The van der Waals surface area contributed by atoms with Crippen molar-refractivity contribution in [2.24, 2.45) is 5.92 Å². The van der Waals surface area contributed by atoms with E-state index in [4.69, 9.17) is 18.9 Å². The smallest absolute Gasteiger partial charge is 0.302 e. The van der Waals surface area contributed by atoms with Crippen molar-refractivity contribution in [2.75, 3.05) is 19.8 Å². The maximum absolute atomic E-state index is 10.4. The van der Waals surface area contributed by atoms with Crippen LogP contribution in [0.15, 0.2) is 0 Å². The molecule has 186 valence electrons. The third kappa shape index (κ3) is 33.2. The van der Waals surface area contributed by atoms with Gasteiger partial charge in [-0.25, -0.2) is 0 Å². The van der Waals surface area contributed by atoms with Crippen molar-refractivity contribution < 1.29 is 33.3 Å². The van der Waals surface area contributed by atoms with Crippen molar-refractivity contribution in [3.05, 3.63) is 0 Å². The lowest BCUT2D eigenvalue weighted by atomic mass is 10.1. The van der Waals surface area contributed by atoms with Gasteiger partial charge in [-0.2, -0.15) is 0 Å². The van der Waals surface area contributed by atoms with Gasteiger partial charge in [0.2, 0.25) is 0 Å². The fourth-order valence-corrected chi connectivity index (χ4v) is 2.33. The zero-order valence-corrected chi connectivity index (χ0v) is 21.5. The molecule has 0 aliphatic rings. The third-order valence-corrected chi connectivity index (χ3v) is 4.29. The summed E-state index contributed by atoms with van der Waals surface area (Å²) in [5, 5.41) is 0. The number of hydrogen-bond acceptors (Lipinski definition) is 7. The predicted molar refractivity (Wildman–Crippen MR) is 124 cm³/mol. The van der Waals surface area contributed by atoms with E-state index in [1.807, 2.05) is 20.8 Å². The molecule has 0 rings (SSSR count). The lowest BCUT2D eigenvalue weighted by Crippen LogP contribution is -2.12. The van der Waals surface area contributed by atoms with Crippen molar-refractivity contribution in [2.45, 2.75) is 113 Å². The molecular weight excluding hydrogens is 400 g/mol. The van der Waals surface area contributed by atoms with E-state index < -0.39 is 0 Å². The summed E-state index contributed by atoms with van der Waals surface area (Å²) in [6, 6.07) is 0. The van der Waals surface area contributed by atoms with Crippen LogP contribution >= 0.6 is 0 Å². The summed E-state index contributed by atoms with van der Waals surface area (Å²) in [4.78, 5) is 31.1. The van der Waals surface area contributed by atoms with Gasteiger partial charge < -0.3 is 18.9 Å². The second kappa shape index (κ2) is 24.6. The van der Waals surface area contributed by atoms with Gasteiger partial charge in [0.1, 0.15) is 0 Å². The highest BCUT2D eigenvalue weighted by molar-refractivity contribution is 5.66. The van der Waals surface area contributed by atoms with Gasteiger partial charge in [-0.1, -0.05) is 46.5 Å². The molecule has 0 amide bonds. The first-order valence-corrected chi connectivity index (χ1v) is 11.6. The SMILES string of the molecule is CCC(CC)COC(C)=O.CCCCC(C)OC(C)=O.CCOC(C)CCOC(C)=O. The summed E-state index contributed by atoms with van der Waals surface area (Å²) in [5.41, 5.74) is 0. The minimum Gasteiger partial charge on any atom is -0.466 e. The standard InChI is InChI=1S/C8H16O3.2C8H16O2/c1-4-10-7(2)5-6-11-8(3)9;1-4-5-6-7(2)10-8(3)9;1-4-8(5-2)6-10-7(3)9/h7H,4-6H2,1-3H3;7H,4-6H2,1-3H3;8H,4-6H2,1-3H3. The normalized spacial score (nSPS) is 11.8. The highest BCUT2D eigenvalue weighted by atomic mass is 16.5. The van der Waals surface area contributed by atoms with Gasteiger partial charge in [-0.3, -0.25) is 14.4 Å². The first-order valence-electron chi connectivity index (χ1n) is 11.6. The molecule has 0 aromatic heterocycles. The van der Waals surface area contributed by atoms with E-state index in [9.17, 15) is 14.4 Å². The molecule has 0 aromatic rings. The van der Waals surface area contributed by atoms with Crippen molar-refractivity contribution in [1.82, 2.24) is 0 Å². The molecule has 0 aliphatic heterocycles. The Hall–Kier alpha value is -1.63. The van der Waals surface area contributed by atoms with Crippen LogP contribution in [0.25, 0.3) is 0 Å². The first-order chi connectivity index (χ1) is 14.5. The van der Waals surface area contributed by atoms with Crippen molar-refractivity contribution in [3.8, 4) is 0 Å². The van der Waals surface area contributed by atoms with E-state index in [1.165, 1.54) is 20.8 Å². The Balaban J connectivity index is -0.000000380. The Labute approximate surface area is 190 Å². The number of ether oxygens (including phenoxy) is 4. The van der Waals surface area contributed by atoms with E-state index >= 15 is 0 Å². The summed E-state index contributed by atoms with van der Waals surface area (Å²) in [6.07, 6.45) is 6.49. The topological polar surface area (TPSA) is 88.1 Å². The molecule has 2 atom stereocenters. The maximum Gasteiger partial charge on any atom is 0.302 e. The zero-order valence-electron chi connectivity index (χ0n) is 21.5. The molecule has 7 heteroatoms. The van der Waals surface area contributed by atoms with E-state index in [0.717, 1.165) is 38.5 Å². The molecule has 0 aliphatic carbocycles.